The van der Waals surface area contributed by atoms with Gasteiger partial charge in [0.05, 0.1) is 26.3 Å². The van der Waals surface area contributed by atoms with E-state index in [4.69, 9.17) is 14.2 Å². The fraction of sp³-hybridized carbons (Fsp3) is 0.278. The molecule has 0 aliphatic heterocycles. The van der Waals surface area contributed by atoms with Crippen LogP contribution in [0.15, 0.2) is 40.9 Å². The summed E-state index contributed by atoms with van der Waals surface area (Å²) in [6.07, 6.45) is -4.44. The molecule has 0 fully saturated rings. The van der Waals surface area contributed by atoms with Gasteiger partial charge < -0.3 is 19.5 Å². The second kappa shape index (κ2) is 8.98. The van der Waals surface area contributed by atoms with Crippen LogP contribution in [-0.2, 0) is 6.18 Å². The highest BCUT2D eigenvalue weighted by Gasteiger charge is 2.30. The van der Waals surface area contributed by atoms with Crippen molar-refractivity contribution in [3.63, 3.8) is 0 Å². The monoisotopic (exact) mass is 447 g/mol. The Morgan fingerprint density at radius 3 is 2.30 bits per heavy atom. The highest BCUT2D eigenvalue weighted by atomic mass is 79.9. The number of carbonyl (C=O) groups excluding carboxylic acids is 1. The maximum Gasteiger partial charge on any atom is 0.416 e. The van der Waals surface area contributed by atoms with E-state index in [1.54, 1.807) is 0 Å². The van der Waals surface area contributed by atoms with Gasteiger partial charge in [0.2, 0.25) is 0 Å². The molecule has 9 heteroatoms. The molecule has 0 atom stereocenters. The van der Waals surface area contributed by atoms with Crippen LogP contribution >= 0.6 is 15.9 Å². The van der Waals surface area contributed by atoms with E-state index < -0.39 is 17.6 Å². The van der Waals surface area contributed by atoms with Gasteiger partial charge in [0, 0.05) is 5.56 Å². The topological polar surface area (TPSA) is 56.8 Å². The molecule has 0 spiro atoms. The standard InChI is InChI=1S/C18H17BrF3NO4/c1-25-14-8-11(9-15(26-2)16(14)19)17(24)23-6-7-27-13-5-3-4-12(10-13)18(20,21)22/h3-5,8-10H,6-7H2,1-2H3,(H,23,24). The van der Waals surface area contributed by atoms with Crippen molar-refractivity contribution < 1.29 is 32.2 Å². The van der Waals surface area contributed by atoms with Crippen molar-refractivity contribution in [3.05, 3.63) is 52.0 Å². The van der Waals surface area contributed by atoms with Crippen molar-refractivity contribution >= 4 is 21.8 Å². The van der Waals surface area contributed by atoms with Crippen LogP contribution in [0.25, 0.3) is 0 Å². The molecule has 2 aromatic rings. The summed E-state index contributed by atoms with van der Waals surface area (Å²) in [6.45, 7) is 0.119. The normalized spacial score (nSPS) is 11.0. The largest absolute Gasteiger partial charge is 0.495 e. The SMILES string of the molecule is COc1cc(C(=O)NCCOc2cccc(C(F)(F)F)c2)cc(OC)c1Br. The summed E-state index contributed by atoms with van der Waals surface area (Å²) in [5.74, 6) is 0.539. The first-order valence-corrected chi connectivity index (χ1v) is 8.55. The van der Waals surface area contributed by atoms with Gasteiger partial charge in [0.15, 0.2) is 0 Å². The lowest BCUT2D eigenvalue weighted by Crippen LogP contribution is -2.28. The first kappa shape index (κ1) is 20.9. The van der Waals surface area contributed by atoms with Gasteiger partial charge in [-0.05, 0) is 46.3 Å². The summed E-state index contributed by atoms with van der Waals surface area (Å²) < 4.78 is 54.2. The lowest BCUT2D eigenvalue weighted by atomic mass is 10.2. The number of hydrogen-bond donors (Lipinski definition) is 1. The third-order valence-corrected chi connectivity index (χ3v) is 4.31. The quantitative estimate of drug-likeness (QED) is 0.643. The summed E-state index contributed by atoms with van der Waals surface area (Å²) >= 11 is 3.31. The van der Waals surface area contributed by atoms with E-state index in [-0.39, 0.29) is 18.9 Å². The fourth-order valence-corrected chi connectivity index (χ4v) is 2.75. The zero-order valence-corrected chi connectivity index (χ0v) is 16.1. The van der Waals surface area contributed by atoms with Crippen LogP contribution in [0.1, 0.15) is 15.9 Å². The van der Waals surface area contributed by atoms with Crippen LogP contribution in [0.3, 0.4) is 0 Å². The van der Waals surface area contributed by atoms with E-state index in [0.717, 1.165) is 12.1 Å². The summed E-state index contributed by atoms with van der Waals surface area (Å²) in [4.78, 5) is 12.2. The van der Waals surface area contributed by atoms with Crippen molar-refractivity contribution in [1.82, 2.24) is 5.32 Å². The molecule has 2 aromatic carbocycles. The van der Waals surface area contributed by atoms with E-state index in [9.17, 15) is 18.0 Å². The van der Waals surface area contributed by atoms with Gasteiger partial charge in [-0.2, -0.15) is 13.2 Å². The van der Waals surface area contributed by atoms with E-state index in [1.807, 2.05) is 0 Å². The molecule has 0 unspecified atom stereocenters. The minimum Gasteiger partial charge on any atom is -0.495 e. The van der Waals surface area contributed by atoms with Crippen molar-refractivity contribution in [3.8, 4) is 17.2 Å². The highest BCUT2D eigenvalue weighted by molar-refractivity contribution is 9.10. The Hall–Kier alpha value is -2.42. The fourth-order valence-electron chi connectivity index (χ4n) is 2.20. The van der Waals surface area contributed by atoms with Gasteiger partial charge in [-0.3, -0.25) is 4.79 Å². The number of alkyl halides is 3. The first-order valence-electron chi connectivity index (χ1n) is 7.76. The first-order chi connectivity index (χ1) is 12.8. The molecule has 0 heterocycles. The zero-order chi connectivity index (χ0) is 20.0. The van der Waals surface area contributed by atoms with Gasteiger partial charge in [-0.25, -0.2) is 0 Å². The molecular weight excluding hydrogens is 431 g/mol. The molecule has 0 radical (unpaired) electrons. The number of rotatable bonds is 7. The number of hydrogen-bond acceptors (Lipinski definition) is 4. The number of ether oxygens (including phenoxy) is 3. The lowest BCUT2D eigenvalue weighted by molar-refractivity contribution is -0.137. The number of halogens is 4. The Labute approximate surface area is 162 Å². The third-order valence-electron chi connectivity index (χ3n) is 3.53. The molecule has 1 amide bonds. The van der Waals surface area contributed by atoms with Crippen LogP contribution in [0.2, 0.25) is 0 Å². The molecule has 0 bridgehead atoms. The summed E-state index contributed by atoms with van der Waals surface area (Å²) in [6, 6.07) is 7.62. The molecular formula is C18H17BrF3NO4. The Kier molecular flexibility index (Phi) is 6.95. The van der Waals surface area contributed by atoms with E-state index in [0.29, 0.717) is 21.5 Å². The van der Waals surface area contributed by atoms with Crippen molar-refractivity contribution in [2.45, 2.75) is 6.18 Å². The Balaban J connectivity index is 1.93. The van der Waals surface area contributed by atoms with Crippen LogP contribution in [0, 0.1) is 0 Å². The van der Waals surface area contributed by atoms with Gasteiger partial charge in [0.25, 0.3) is 5.91 Å². The van der Waals surface area contributed by atoms with E-state index in [1.165, 1.54) is 38.5 Å². The number of amides is 1. The third kappa shape index (κ3) is 5.53. The van der Waals surface area contributed by atoms with E-state index >= 15 is 0 Å². The second-order valence-corrected chi connectivity index (χ2v) is 6.12. The molecule has 0 aliphatic carbocycles. The van der Waals surface area contributed by atoms with Crippen LogP contribution in [-0.4, -0.2) is 33.3 Å². The smallest absolute Gasteiger partial charge is 0.416 e. The van der Waals surface area contributed by atoms with Crippen LogP contribution < -0.4 is 19.5 Å². The summed E-state index contributed by atoms with van der Waals surface area (Å²) in [5.41, 5.74) is -0.482. The van der Waals surface area contributed by atoms with E-state index in [2.05, 4.69) is 21.2 Å². The minimum atomic E-state index is -4.44. The van der Waals surface area contributed by atoms with Crippen molar-refractivity contribution in [2.24, 2.45) is 0 Å². The van der Waals surface area contributed by atoms with Crippen molar-refractivity contribution in [1.29, 1.82) is 0 Å². The Bertz CT molecular complexity index is 786. The molecule has 27 heavy (non-hydrogen) atoms. The predicted octanol–water partition coefficient (Wildman–Crippen LogP) is 4.29. The Morgan fingerprint density at radius 1 is 1.11 bits per heavy atom. The van der Waals surface area contributed by atoms with Crippen LogP contribution in [0.5, 0.6) is 17.2 Å². The molecule has 0 saturated heterocycles. The van der Waals surface area contributed by atoms with Crippen LogP contribution in [0.4, 0.5) is 13.2 Å². The van der Waals surface area contributed by atoms with Gasteiger partial charge in [0.1, 0.15) is 28.3 Å². The second-order valence-electron chi connectivity index (χ2n) is 5.32. The number of nitrogens with one attached hydrogen (secondary N) is 1. The Morgan fingerprint density at radius 2 is 1.74 bits per heavy atom. The molecule has 5 nitrogen and oxygen atoms in total. The lowest BCUT2D eigenvalue weighted by Gasteiger charge is -2.12. The average Bonchev–Trinajstić information content (AvgIpc) is 2.64. The zero-order valence-electron chi connectivity index (χ0n) is 14.5. The average molecular weight is 448 g/mol. The van der Waals surface area contributed by atoms with Gasteiger partial charge in [-0.15, -0.1) is 0 Å². The maximum atomic E-state index is 12.7. The molecule has 1 N–H and O–H groups in total. The molecule has 0 saturated carbocycles. The van der Waals surface area contributed by atoms with Crippen molar-refractivity contribution in [2.75, 3.05) is 27.4 Å². The number of methoxy groups -OCH3 is 2. The highest BCUT2D eigenvalue weighted by Crippen LogP contribution is 2.35. The maximum absolute atomic E-state index is 12.7. The number of benzene rings is 2. The summed E-state index contributed by atoms with van der Waals surface area (Å²) in [7, 11) is 2.92. The molecule has 146 valence electrons. The molecule has 0 aromatic heterocycles. The molecule has 0 aliphatic rings. The predicted molar refractivity (Wildman–Crippen MR) is 96.5 cm³/mol. The van der Waals surface area contributed by atoms with Gasteiger partial charge in [-0.1, -0.05) is 6.07 Å². The van der Waals surface area contributed by atoms with Gasteiger partial charge >= 0.3 is 6.18 Å². The minimum absolute atomic E-state index is 0.0118. The summed E-state index contributed by atoms with van der Waals surface area (Å²) in [5, 5.41) is 2.62. The number of carbonyl (C=O) groups is 1. The molecule has 2 rings (SSSR count).